The molecule has 2 heterocycles. The minimum Gasteiger partial charge on any atom is -0.508 e. The molecule has 2 saturated heterocycles. The second-order valence-electron chi connectivity index (χ2n) is 21.1. The van der Waals surface area contributed by atoms with Gasteiger partial charge in [0.15, 0.2) is 6.10 Å². The topological polar surface area (TPSA) is 355 Å². The number of aliphatic hydroxyl groups excluding tert-OH is 1. The molecule has 2 aliphatic rings. The van der Waals surface area contributed by atoms with Gasteiger partial charge in [-0.05, 0) is 117 Å². The highest BCUT2D eigenvalue weighted by Gasteiger charge is 2.47. The number of aliphatic hydroxyl groups is 1. The Morgan fingerprint density at radius 1 is 0.807 bits per heavy atom. The molecular formula is C57H79N7O18S. The highest BCUT2D eigenvalue weighted by molar-refractivity contribution is 7.80. The predicted octanol–water partition coefficient (Wildman–Crippen LogP) is 1.66. The van der Waals surface area contributed by atoms with Crippen molar-refractivity contribution in [2.45, 2.75) is 160 Å². The summed E-state index contributed by atoms with van der Waals surface area (Å²) >= 11 is 0. The van der Waals surface area contributed by atoms with Gasteiger partial charge in [-0.25, -0.2) is 8.98 Å². The van der Waals surface area contributed by atoms with Crippen LogP contribution in [0.5, 0.6) is 17.2 Å². The van der Waals surface area contributed by atoms with Gasteiger partial charge in [0, 0.05) is 20.6 Å². The summed E-state index contributed by atoms with van der Waals surface area (Å²) < 4.78 is 53.0. The van der Waals surface area contributed by atoms with Gasteiger partial charge < -0.3 is 65.9 Å². The first-order valence-corrected chi connectivity index (χ1v) is 28.9. The van der Waals surface area contributed by atoms with E-state index in [4.69, 9.17) is 14.2 Å². The summed E-state index contributed by atoms with van der Waals surface area (Å²) in [5, 5.41) is 45.1. The number of hydrogen-bond acceptors (Lipinski definition) is 17. The number of ether oxygens (including phenoxy) is 3. The van der Waals surface area contributed by atoms with Crippen LogP contribution in [0.1, 0.15) is 95.4 Å². The van der Waals surface area contributed by atoms with E-state index >= 15 is 9.59 Å². The minimum absolute atomic E-state index is 0.00128. The number of phenolic OH excluding ortho intramolecular Hbond substituents is 2. The third kappa shape index (κ3) is 18.3. The standard InChI is InChI=1S/C57H79N7O18S/c1-10-31(3)47-57(75)82-34(6)48(62-51(69)41(23-16-35-12-19-38(65)20-13-35)58-53(71)45(80-9)30-81-83(76,77)78)54(72)59-40(24-17-36-18-26-44(66)33(5)28-36)50(68)60-42-25-27-46(67)64(55(42)73)49(32(4)11-2)56(74)63(7)43(52(70)61-47)29-37-14-21-39(79-8)22-15-37/h12-15,18-22,26,28,31-32,34,40-43,45-49,65-67H,10-11,16-17,23-25,27,29-30H2,1-9H3,(H,58,71)(H,59,72)(H,60,68)(H,61,70)(H,62,69)(H,76,77,78)/t31-,32-,34+,40-,41-,42?,43-,45+,46+,47-,48-,49?/m0/s1. The molecule has 5 rings (SSSR count). The number of carbonyl (C=O) groups excluding carboxylic acids is 8. The highest BCUT2D eigenvalue weighted by atomic mass is 32.3. The third-order valence-electron chi connectivity index (χ3n) is 15.3. The van der Waals surface area contributed by atoms with Crippen LogP contribution in [0.25, 0.3) is 0 Å². The quantitative estimate of drug-likeness (QED) is 0.0541. The van der Waals surface area contributed by atoms with Gasteiger partial charge in [0.25, 0.3) is 5.91 Å². The van der Waals surface area contributed by atoms with E-state index in [0.29, 0.717) is 34.4 Å². The van der Waals surface area contributed by atoms with Gasteiger partial charge in [-0.15, -0.1) is 0 Å². The maximum atomic E-state index is 15.2. The van der Waals surface area contributed by atoms with Crippen molar-refractivity contribution >= 4 is 57.7 Å². The Bertz CT molecular complexity index is 2880. The fraction of sp³-hybridized carbons (Fsp3) is 0.544. The molecule has 3 aromatic rings. The van der Waals surface area contributed by atoms with Crippen LogP contribution in [0.15, 0.2) is 66.7 Å². The van der Waals surface area contributed by atoms with E-state index in [-0.39, 0.29) is 62.9 Å². The van der Waals surface area contributed by atoms with Gasteiger partial charge in [0.2, 0.25) is 35.4 Å². The number of hydrogen-bond donors (Lipinski definition) is 9. The van der Waals surface area contributed by atoms with Gasteiger partial charge in [-0.1, -0.05) is 76.9 Å². The molecule has 0 aliphatic carbocycles. The van der Waals surface area contributed by atoms with Crippen molar-refractivity contribution in [1.82, 2.24) is 36.4 Å². The molecule has 2 fully saturated rings. The first-order chi connectivity index (χ1) is 39.2. The molecule has 25 nitrogen and oxygen atoms in total. The zero-order valence-corrected chi connectivity index (χ0v) is 49.0. The van der Waals surface area contributed by atoms with Gasteiger partial charge in [0.05, 0.1) is 7.11 Å². The Balaban J connectivity index is 1.66. The van der Waals surface area contributed by atoms with Crippen molar-refractivity contribution in [1.29, 1.82) is 0 Å². The molecule has 9 N–H and O–H groups in total. The van der Waals surface area contributed by atoms with E-state index in [1.165, 1.54) is 39.3 Å². The normalized spacial score (nSPS) is 23.8. The smallest absolute Gasteiger partial charge is 0.397 e. The Labute approximate surface area is 483 Å². The van der Waals surface area contributed by atoms with Gasteiger partial charge in [-0.3, -0.25) is 38.1 Å². The number of nitrogens with one attached hydrogen (secondary N) is 5. The molecule has 0 radical (unpaired) electrons. The molecule has 0 aromatic heterocycles. The number of benzene rings is 3. The zero-order valence-electron chi connectivity index (χ0n) is 48.2. The number of esters is 1. The number of rotatable bonds is 21. The van der Waals surface area contributed by atoms with Crippen LogP contribution in [-0.2, 0) is 81.7 Å². The van der Waals surface area contributed by atoms with Crippen LogP contribution in [0, 0.1) is 18.8 Å². The second kappa shape index (κ2) is 30.2. The molecular weight excluding hydrogens is 1100 g/mol. The van der Waals surface area contributed by atoms with Crippen LogP contribution < -0.4 is 31.3 Å². The Morgan fingerprint density at radius 3 is 2.05 bits per heavy atom. The molecule has 26 heteroatoms. The van der Waals surface area contributed by atoms with E-state index in [9.17, 15) is 57.1 Å². The molecule has 3 aromatic carbocycles. The van der Waals surface area contributed by atoms with E-state index in [1.807, 2.05) is 0 Å². The van der Waals surface area contributed by atoms with Crippen LogP contribution in [0.2, 0.25) is 0 Å². The molecule has 83 heavy (non-hydrogen) atoms. The molecule has 2 unspecified atom stereocenters. The summed E-state index contributed by atoms with van der Waals surface area (Å²) in [4.78, 5) is 120. The summed E-state index contributed by atoms with van der Waals surface area (Å²) in [5.41, 5.74) is 2.27. The highest BCUT2D eigenvalue weighted by Crippen LogP contribution is 2.29. The number of cyclic esters (lactones) is 1. The number of fused-ring (bicyclic) bond motifs is 2. The summed E-state index contributed by atoms with van der Waals surface area (Å²) in [6.45, 7) is 8.79. The molecule has 2 aliphatic heterocycles. The van der Waals surface area contributed by atoms with Gasteiger partial charge in [0.1, 0.15) is 78.5 Å². The average molecular weight is 1180 g/mol. The van der Waals surface area contributed by atoms with Crippen LogP contribution in [0.3, 0.4) is 0 Å². The molecule has 0 spiro atoms. The van der Waals surface area contributed by atoms with Gasteiger partial charge >= 0.3 is 16.4 Å². The van der Waals surface area contributed by atoms with Crippen molar-refractivity contribution in [3.63, 3.8) is 0 Å². The first-order valence-electron chi connectivity index (χ1n) is 27.5. The van der Waals surface area contributed by atoms with Crippen LogP contribution in [0.4, 0.5) is 0 Å². The third-order valence-corrected chi connectivity index (χ3v) is 15.7. The summed E-state index contributed by atoms with van der Waals surface area (Å²) in [7, 11) is -1.18. The second-order valence-corrected chi connectivity index (χ2v) is 22.2. The van der Waals surface area contributed by atoms with Crippen LogP contribution >= 0.6 is 0 Å². The fourth-order valence-corrected chi connectivity index (χ4v) is 10.1. The Hall–Kier alpha value is -7.39. The van der Waals surface area contributed by atoms with Crippen molar-refractivity contribution in [2.24, 2.45) is 11.8 Å². The monoisotopic (exact) mass is 1180 g/mol. The zero-order chi connectivity index (χ0) is 61.5. The summed E-state index contributed by atoms with van der Waals surface area (Å²) in [6, 6.07) is 6.62. The fourth-order valence-electron chi connectivity index (χ4n) is 9.76. The Kier molecular flexibility index (Phi) is 24.2. The number of nitrogens with zero attached hydrogens (tertiary/aromatic N) is 2. The molecule has 12 atom stereocenters. The molecule has 0 saturated carbocycles. The van der Waals surface area contributed by atoms with E-state index in [0.717, 1.165) is 16.9 Å². The number of methoxy groups -OCH3 is 2. The number of likely N-dealkylation sites (N-methyl/N-ethyl adjacent to an activating group) is 1. The van der Waals surface area contributed by atoms with Crippen LogP contribution in [-0.4, -0.2) is 174 Å². The SMILES string of the molecule is CC[C@H](C)C1C(=O)N(C)[C@@H](Cc2ccc(OC)cc2)C(=O)N[C@@H]([C@@H](C)CC)C(=O)O[C@H](C)[C@H](NC(=O)[C@H](CCc2ccc(O)cc2)NC(=O)[C@@H](COS(=O)(=O)O)OC)C(=O)N[C@@H](CCc2ccc(O)c(C)c2)C(=O)NC2CC[C@@H](O)N1C2=O. The predicted molar refractivity (Wildman–Crippen MR) is 299 cm³/mol. The number of aromatic hydroxyl groups is 2. The number of carbonyl (C=O) groups is 8. The lowest BCUT2D eigenvalue weighted by atomic mass is 9.91. The molecule has 456 valence electrons. The maximum Gasteiger partial charge on any atom is 0.397 e. The summed E-state index contributed by atoms with van der Waals surface area (Å²) in [5.74, 6) is -8.51. The number of phenols is 2. The lowest BCUT2D eigenvalue weighted by Gasteiger charge is -2.44. The van der Waals surface area contributed by atoms with Crippen molar-refractivity contribution in [3.8, 4) is 17.2 Å². The lowest BCUT2D eigenvalue weighted by molar-refractivity contribution is -0.168. The van der Waals surface area contributed by atoms with Crippen molar-refractivity contribution < 1.29 is 85.0 Å². The number of amides is 7. The van der Waals surface area contributed by atoms with E-state index in [1.54, 1.807) is 83.1 Å². The molecule has 7 amide bonds. The Morgan fingerprint density at radius 2 is 1.45 bits per heavy atom. The van der Waals surface area contributed by atoms with E-state index < -0.39 is 137 Å². The average Bonchev–Trinajstić information content (AvgIpc) is 3.39. The summed E-state index contributed by atoms with van der Waals surface area (Å²) in [6.07, 6.45) is -4.91. The van der Waals surface area contributed by atoms with Crippen molar-refractivity contribution in [2.75, 3.05) is 27.9 Å². The van der Waals surface area contributed by atoms with Gasteiger partial charge in [-0.2, -0.15) is 8.42 Å². The largest absolute Gasteiger partial charge is 0.508 e. The number of piperidine rings is 1. The van der Waals surface area contributed by atoms with E-state index in [2.05, 4.69) is 30.8 Å². The first kappa shape index (κ1) is 66.4. The number of aryl methyl sites for hydroxylation is 3. The maximum absolute atomic E-state index is 15.2. The lowest BCUT2D eigenvalue weighted by Crippen LogP contribution is -2.66. The molecule has 2 bridgehead atoms. The van der Waals surface area contributed by atoms with Crippen molar-refractivity contribution in [3.05, 3.63) is 89.0 Å². The minimum atomic E-state index is -5.06.